The van der Waals surface area contributed by atoms with E-state index in [9.17, 15) is 13.2 Å². The molecule has 1 aliphatic heterocycles. The summed E-state index contributed by atoms with van der Waals surface area (Å²) in [5.41, 5.74) is 2.02. The highest BCUT2D eigenvalue weighted by molar-refractivity contribution is 7.92. The van der Waals surface area contributed by atoms with E-state index in [0.717, 1.165) is 17.7 Å². The number of carbonyl (C=O) groups excluding carboxylic acids is 1. The molecular formula is C20H24N2O4S. The van der Waals surface area contributed by atoms with Gasteiger partial charge < -0.3 is 9.64 Å². The Bertz CT molecular complexity index is 910. The molecule has 6 nitrogen and oxygen atoms in total. The number of hydrogen-bond donors (Lipinski definition) is 0. The molecule has 1 heterocycles. The Labute approximate surface area is 160 Å². The zero-order valence-corrected chi connectivity index (χ0v) is 16.4. The number of methoxy groups -OCH3 is 1. The molecule has 3 rings (SSSR count). The summed E-state index contributed by atoms with van der Waals surface area (Å²) in [7, 11) is 0.0464. The summed E-state index contributed by atoms with van der Waals surface area (Å²) in [5, 5.41) is 0. The number of amides is 1. The van der Waals surface area contributed by atoms with Crippen molar-refractivity contribution in [3.05, 3.63) is 59.7 Å². The van der Waals surface area contributed by atoms with E-state index in [1.54, 1.807) is 43.3 Å². The van der Waals surface area contributed by atoms with E-state index in [-0.39, 0.29) is 11.7 Å². The lowest BCUT2D eigenvalue weighted by Gasteiger charge is -2.28. The maximum atomic E-state index is 12.8. The first-order valence-corrected chi connectivity index (χ1v) is 10.5. The average Bonchev–Trinajstić information content (AvgIpc) is 2.67. The zero-order chi connectivity index (χ0) is 19.4. The molecule has 2 aromatic carbocycles. The van der Waals surface area contributed by atoms with Crippen molar-refractivity contribution >= 4 is 21.6 Å². The van der Waals surface area contributed by atoms with Gasteiger partial charge in [0.2, 0.25) is 10.0 Å². The third-order valence-electron chi connectivity index (χ3n) is 4.66. The molecule has 2 aromatic rings. The van der Waals surface area contributed by atoms with Crippen molar-refractivity contribution in [3.63, 3.8) is 0 Å². The summed E-state index contributed by atoms with van der Waals surface area (Å²) in [6.07, 6.45) is 1.51. The largest absolute Gasteiger partial charge is 0.497 e. The lowest BCUT2D eigenvalue weighted by molar-refractivity contribution is 0.0785. The lowest BCUT2D eigenvalue weighted by Crippen LogP contribution is -2.38. The summed E-state index contributed by atoms with van der Waals surface area (Å²) >= 11 is 0. The minimum atomic E-state index is -3.30. The lowest BCUT2D eigenvalue weighted by atomic mass is 10.1. The van der Waals surface area contributed by atoms with Crippen LogP contribution in [0.25, 0.3) is 0 Å². The molecule has 0 N–H and O–H groups in total. The molecule has 0 atom stereocenters. The Hall–Kier alpha value is -2.54. The first-order valence-electron chi connectivity index (χ1n) is 8.89. The number of anilines is 1. The maximum absolute atomic E-state index is 12.8. The molecule has 0 saturated carbocycles. The number of nitrogens with zero attached hydrogens (tertiary/aromatic N) is 2. The van der Waals surface area contributed by atoms with Crippen LogP contribution in [-0.4, -0.2) is 45.7 Å². The smallest absolute Gasteiger partial charge is 0.253 e. The first-order chi connectivity index (χ1) is 12.9. The molecule has 0 radical (unpaired) electrons. The van der Waals surface area contributed by atoms with Crippen LogP contribution in [0.5, 0.6) is 5.75 Å². The summed E-state index contributed by atoms with van der Waals surface area (Å²) in [4.78, 5) is 14.4. The second kappa shape index (κ2) is 8.00. The number of carbonyl (C=O) groups is 1. The van der Waals surface area contributed by atoms with Gasteiger partial charge in [-0.05, 0) is 48.7 Å². The summed E-state index contributed by atoms with van der Waals surface area (Å²) in [6, 6.07) is 14.4. The van der Waals surface area contributed by atoms with Crippen LogP contribution in [0.2, 0.25) is 0 Å². The minimum Gasteiger partial charge on any atom is -0.497 e. The SMILES string of the molecule is COc1ccc(CN(C)C(=O)c2cccc(N3CCCCS3(=O)=O)c2)cc1. The van der Waals surface area contributed by atoms with Crippen molar-refractivity contribution in [2.45, 2.75) is 19.4 Å². The van der Waals surface area contributed by atoms with E-state index in [2.05, 4.69) is 0 Å². The van der Waals surface area contributed by atoms with E-state index in [1.165, 1.54) is 4.31 Å². The van der Waals surface area contributed by atoms with Crippen LogP contribution < -0.4 is 9.04 Å². The predicted octanol–water partition coefficient (Wildman–Crippen LogP) is 2.90. The molecular weight excluding hydrogens is 364 g/mol. The van der Waals surface area contributed by atoms with E-state index in [1.807, 2.05) is 24.3 Å². The molecule has 0 spiro atoms. The quantitative estimate of drug-likeness (QED) is 0.790. The summed E-state index contributed by atoms with van der Waals surface area (Å²) in [5.74, 6) is 0.771. The third-order valence-corrected chi connectivity index (χ3v) is 6.53. The van der Waals surface area contributed by atoms with Gasteiger partial charge in [-0.3, -0.25) is 9.10 Å². The fourth-order valence-corrected chi connectivity index (χ4v) is 4.80. The average molecular weight is 388 g/mol. The van der Waals surface area contributed by atoms with Gasteiger partial charge in [-0.1, -0.05) is 18.2 Å². The van der Waals surface area contributed by atoms with Gasteiger partial charge in [0.05, 0.1) is 18.6 Å². The van der Waals surface area contributed by atoms with Crippen molar-refractivity contribution in [2.24, 2.45) is 0 Å². The van der Waals surface area contributed by atoms with E-state index in [0.29, 0.717) is 30.8 Å². The molecule has 0 bridgehead atoms. The van der Waals surface area contributed by atoms with Crippen LogP contribution >= 0.6 is 0 Å². The van der Waals surface area contributed by atoms with Crippen LogP contribution in [0.3, 0.4) is 0 Å². The fourth-order valence-electron chi connectivity index (χ4n) is 3.17. The van der Waals surface area contributed by atoms with Gasteiger partial charge >= 0.3 is 0 Å². The van der Waals surface area contributed by atoms with Crippen molar-refractivity contribution in [3.8, 4) is 5.75 Å². The van der Waals surface area contributed by atoms with Crippen LogP contribution in [0.4, 0.5) is 5.69 Å². The number of sulfonamides is 1. The Kier molecular flexibility index (Phi) is 5.70. The topological polar surface area (TPSA) is 66.9 Å². The number of ether oxygens (including phenoxy) is 1. The van der Waals surface area contributed by atoms with Gasteiger partial charge in [0.15, 0.2) is 0 Å². The summed E-state index contributed by atoms with van der Waals surface area (Å²) in [6.45, 7) is 0.913. The molecule has 0 aromatic heterocycles. The molecule has 1 aliphatic rings. The van der Waals surface area contributed by atoms with Crippen LogP contribution in [0.15, 0.2) is 48.5 Å². The van der Waals surface area contributed by atoms with Gasteiger partial charge in [-0.2, -0.15) is 0 Å². The van der Waals surface area contributed by atoms with E-state index < -0.39 is 10.0 Å². The van der Waals surface area contributed by atoms with Gasteiger partial charge in [-0.25, -0.2) is 8.42 Å². The van der Waals surface area contributed by atoms with Gasteiger partial charge in [-0.15, -0.1) is 0 Å². The fraction of sp³-hybridized carbons (Fsp3) is 0.350. The molecule has 0 aliphatic carbocycles. The Balaban J connectivity index is 1.76. The van der Waals surface area contributed by atoms with E-state index >= 15 is 0 Å². The highest BCUT2D eigenvalue weighted by Crippen LogP contribution is 2.25. The monoisotopic (exact) mass is 388 g/mol. The molecule has 1 fully saturated rings. The number of benzene rings is 2. The second-order valence-electron chi connectivity index (χ2n) is 6.65. The molecule has 144 valence electrons. The highest BCUT2D eigenvalue weighted by Gasteiger charge is 2.26. The van der Waals surface area contributed by atoms with Gasteiger partial charge in [0.25, 0.3) is 5.91 Å². The Morgan fingerprint density at radius 3 is 2.56 bits per heavy atom. The van der Waals surface area contributed by atoms with Crippen LogP contribution in [0, 0.1) is 0 Å². The summed E-state index contributed by atoms with van der Waals surface area (Å²) < 4.78 is 31.2. The molecule has 1 amide bonds. The Morgan fingerprint density at radius 1 is 1.15 bits per heavy atom. The van der Waals surface area contributed by atoms with E-state index in [4.69, 9.17) is 4.74 Å². The normalized spacial score (nSPS) is 16.0. The minimum absolute atomic E-state index is 0.151. The molecule has 0 unspecified atom stereocenters. The second-order valence-corrected chi connectivity index (χ2v) is 8.67. The van der Waals surface area contributed by atoms with Crippen LogP contribution in [0.1, 0.15) is 28.8 Å². The highest BCUT2D eigenvalue weighted by atomic mass is 32.2. The number of rotatable bonds is 5. The van der Waals surface area contributed by atoms with Crippen LogP contribution in [-0.2, 0) is 16.6 Å². The van der Waals surface area contributed by atoms with Crippen molar-refractivity contribution in [1.29, 1.82) is 0 Å². The van der Waals surface area contributed by atoms with Crippen molar-refractivity contribution in [1.82, 2.24) is 4.90 Å². The molecule has 1 saturated heterocycles. The molecule has 7 heteroatoms. The third kappa shape index (κ3) is 4.42. The van der Waals surface area contributed by atoms with Crippen molar-refractivity contribution in [2.75, 3.05) is 30.8 Å². The number of hydrogen-bond acceptors (Lipinski definition) is 4. The van der Waals surface area contributed by atoms with Crippen molar-refractivity contribution < 1.29 is 17.9 Å². The van der Waals surface area contributed by atoms with Gasteiger partial charge in [0.1, 0.15) is 5.75 Å². The van der Waals surface area contributed by atoms with Gasteiger partial charge in [0, 0.05) is 25.7 Å². The zero-order valence-electron chi connectivity index (χ0n) is 15.6. The standard InChI is InChI=1S/C20H24N2O4S/c1-21(15-16-8-10-19(26-2)11-9-16)20(23)17-6-5-7-18(14-17)22-12-3-4-13-27(22,24)25/h5-11,14H,3-4,12-13,15H2,1-2H3. The first kappa shape index (κ1) is 19.2. The maximum Gasteiger partial charge on any atom is 0.253 e. The predicted molar refractivity (Wildman–Crippen MR) is 106 cm³/mol. The Morgan fingerprint density at radius 2 is 1.89 bits per heavy atom. The molecule has 27 heavy (non-hydrogen) atoms.